The number of rotatable bonds is 11. The molecule has 0 spiro atoms. The standard InChI is InChI=1S/C26H38ClN5O3/c1-34-14-11-28-19-5-7-20(8-6-19)31-25-15-21(22(27)16-29-25)23-3-2-4-24(32-23)30-17-26(18-33)9-12-35-13-10-26/h2-4,15-16,19-20,28,33H,5-14,17-18H2,1H3,(H,29,31)(H,30,32). The second-order valence-electron chi connectivity index (χ2n) is 9.72. The summed E-state index contributed by atoms with van der Waals surface area (Å²) in [7, 11) is 1.73. The smallest absolute Gasteiger partial charge is 0.126 e. The zero-order chi connectivity index (χ0) is 24.5. The Labute approximate surface area is 213 Å². The van der Waals surface area contributed by atoms with Crippen LogP contribution in [0.2, 0.25) is 5.02 Å². The summed E-state index contributed by atoms with van der Waals surface area (Å²) in [6.45, 7) is 3.81. The van der Waals surface area contributed by atoms with Gasteiger partial charge in [-0.05, 0) is 56.7 Å². The van der Waals surface area contributed by atoms with E-state index >= 15 is 0 Å². The summed E-state index contributed by atoms with van der Waals surface area (Å²) in [5.74, 6) is 1.59. The molecule has 0 aromatic carbocycles. The minimum atomic E-state index is -0.167. The molecule has 1 aliphatic carbocycles. The number of pyridine rings is 2. The van der Waals surface area contributed by atoms with Crippen molar-refractivity contribution >= 4 is 23.2 Å². The number of methoxy groups -OCH3 is 1. The minimum Gasteiger partial charge on any atom is -0.396 e. The molecule has 1 saturated heterocycles. The predicted octanol–water partition coefficient (Wildman–Crippen LogP) is 3.96. The minimum absolute atomic E-state index is 0.138. The lowest BCUT2D eigenvalue weighted by atomic mass is 9.81. The molecule has 0 bridgehead atoms. The van der Waals surface area contributed by atoms with Crippen molar-refractivity contribution in [1.29, 1.82) is 0 Å². The highest BCUT2D eigenvalue weighted by atomic mass is 35.5. The van der Waals surface area contributed by atoms with Gasteiger partial charge in [-0.15, -0.1) is 0 Å². The summed E-state index contributed by atoms with van der Waals surface area (Å²) < 4.78 is 10.6. The Balaban J connectivity index is 1.37. The summed E-state index contributed by atoms with van der Waals surface area (Å²) in [4.78, 5) is 9.32. The maximum atomic E-state index is 9.96. The van der Waals surface area contributed by atoms with Gasteiger partial charge in [0, 0.05) is 62.7 Å². The van der Waals surface area contributed by atoms with Gasteiger partial charge in [-0.2, -0.15) is 0 Å². The predicted molar refractivity (Wildman–Crippen MR) is 140 cm³/mol. The van der Waals surface area contributed by atoms with Crippen molar-refractivity contribution in [3.63, 3.8) is 0 Å². The molecule has 3 heterocycles. The number of aliphatic hydroxyl groups excluding tert-OH is 1. The van der Waals surface area contributed by atoms with Gasteiger partial charge < -0.3 is 30.5 Å². The van der Waals surface area contributed by atoms with Gasteiger partial charge in [-0.25, -0.2) is 9.97 Å². The number of aromatic nitrogens is 2. The fourth-order valence-electron chi connectivity index (χ4n) is 4.89. The van der Waals surface area contributed by atoms with Gasteiger partial charge in [-0.1, -0.05) is 17.7 Å². The third kappa shape index (κ3) is 7.27. The van der Waals surface area contributed by atoms with E-state index in [1.165, 1.54) is 0 Å². The second-order valence-corrected chi connectivity index (χ2v) is 10.1. The van der Waals surface area contributed by atoms with Crippen molar-refractivity contribution in [2.24, 2.45) is 5.41 Å². The van der Waals surface area contributed by atoms with Gasteiger partial charge in [0.1, 0.15) is 11.6 Å². The van der Waals surface area contributed by atoms with E-state index in [2.05, 4.69) is 20.9 Å². The number of ether oxygens (including phenoxy) is 2. The number of hydrogen-bond acceptors (Lipinski definition) is 8. The Morgan fingerprint density at radius 1 is 1.14 bits per heavy atom. The summed E-state index contributed by atoms with van der Waals surface area (Å²) in [5, 5.41) is 21.1. The van der Waals surface area contributed by atoms with Crippen LogP contribution in [-0.2, 0) is 9.47 Å². The van der Waals surface area contributed by atoms with Crippen LogP contribution in [-0.4, -0.2) is 73.8 Å². The molecule has 9 heteroatoms. The van der Waals surface area contributed by atoms with Gasteiger partial charge >= 0.3 is 0 Å². The van der Waals surface area contributed by atoms with Gasteiger partial charge in [0.05, 0.1) is 23.9 Å². The first-order valence-electron chi connectivity index (χ1n) is 12.7. The van der Waals surface area contributed by atoms with Crippen LogP contribution < -0.4 is 16.0 Å². The van der Waals surface area contributed by atoms with E-state index in [1.807, 2.05) is 24.3 Å². The van der Waals surface area contributed by atoms with Gasteiger partial charge in [-0.3, -0.25) is 0 Å². The molecule has 1 aliphatic heterocycles. The highest BCUT2D eigenvalue weighted by Gasteiger charge is 2.32. The zero-order valence-corrected chi connectivity index (χ0v) is 21.3. The van der Waals surface area contributed by atoms with Crippen LogP contribution in [0.1, 0.15) is 38.5 Å². The Hall–Kier alpha value is -1.97. The molecule has 2 aromatic rings. The molecule has 0 atom stereocenters. The fraction of sp³-hybridized carbons (Fsp3) is 0.615. The zero-order valence-electron chi connectivity index (χ0n) is 20.6. The van der Waals surface area contributed by atoms with Crippen molar-refractivity contribution in [2.75, 3.05) is 57.3 Å². The van der Waals surface area contributed by atoms with Gasteiger partial charge in [0.15, 0.2) is 0 Å². The molecule has 2 aliphatic rings. The van der Waals surface area contributed by atoms with E-state index < -0.39 is 0 Å². The summed E-state index contributed by atoms with van der Waals surface area (Å²) in [6.07, 6.45) is 7.84. The molecule has 4 rings (SSSR count). The maximum absolute atomic E-state index is 9.96. The number of halogens is 1. The van der Waals surface area contributed by atoms with E-state index in [0.717, 1.165) is 74.6 Å². The first-order chi connectivity index (χ1) is 17.1. The third-order valence-electron chi connectivity index (χ3n) is 7.23. The van der Waals surface area contributed by atoms with E-state index in [-0.39, 0.29) is 12.0 Å². The molecule has 2 aromatic heterocycles. The lowest BCUT2D eigenvalue weighted by molar-refractivity contribution is -0.00861. The molecule has 4 N–H and O–H groups in total. The monoisotopic (exact) mass is 503 g/mol. The molecule has 0 amide bonds. The SMILES string of the molecule is COCCNC1CCC(Nc2cc(-c3cccc(NCC4(CO)CCOCC4)n3)c(Cl)cn2)CC1. The number of nitrogens with zero attached hydrogens (tertiary/aromatic N) is 2. The van der Waals surface area contributed by atoms with Crippen molar-refractivity contribution in [3.8, 4) is 11.3 Å². The molecule has 192 valence electrons. The topological polar surface area (TPSA) is 101 Å². The Morgan fingerprint density at radius 3 is 2.66 bits per heavy atom. The third-order valence-corrected chi connectivity index (χ3v) is 7.53. The first-order valence-corrected chi connectivity index (χ1v) is 13.0. The highest BCUT2D eigenvalue weighted by Crippen LogP contribution is 2.32. The van der Waals surface area contributed by atoms with E-state index in [4.69, 9.17) is 26.1 Å². The summed E-state index contributed by atoms with van der Waals surface area (Å²) in [5.41, 5.74) is 1.48. The van der Waals surface area contributed by atoms with Gasteiger partial charge in [0.2, 0.25) is 0 Å². The summed E-state index contributed by atoms with van der Waals surface area (Å²) in [6, 6.07) is 8.83. The van der Waals surface area contributed by atoms with E-state index in [0.29, 0.717) is 36.9 Å². The lowest BCUT2D eigenvalue weighted by Gasteiger charge is -2.35. The highest BCUT2D eigenvalue weighted by molar-refractivity contribution is 6.33. The van der Waals surface area contributed by atoms with Gasteiger partial charge in [0.25, 0.3) is 0 Å². The Morgan fingerprint density at radius 2 is 1.91 bits per heavy atom. The molecule has 2 fully saturated rings. The van der Waals surface area contributed by atoms with Crippen LogP contribution in [0.15, 0.2) is 30.5 Å². The molecular weight excluding hydrogens is 466 g/mol. The summed E-state index contributed by atoms with van der Waals surface area (Å²) >= 11 is 6.53. The number of nitrogens with one attached hydrogen (secondary N) is 3. The van der Waals surface area contributed by atoms with Crippen LogP contribution >= 0.6 is 11.6 Å². The molecule has 35 heavy (non-hydrogen) atoms. The second kappa shape index (κ2) is 12.8. The normalized spacial score (nSPS) is 22.0. The average Bonchev–Trinajstić information content (AvgIpc) is 2.90. The molecular formula is C26H38ClN5O3. The molecule has 8 nitrogen and oxygen atoms in total. The van der Waals surface area contributed by atoms with Crippen LogP contribution in [0.3, 0.4) is 0 Å². The van der Waals surface area contributed by atoms with Crippen LogP contribution in [0, 0.1) is 5.41 Å². The van der Waals surface area contributed by atoms with Crippen molar-refractivity contribution in [2.45, 2.75) is 50.6 Å². The van der Waals surface area contributed by atoms with Crippen molar-refractivity contribution < 1.29 is 14.6 Å². The van der Waals surface area contributed by atoms with Crippen LogP contribution in [0.4, 0.5) is 11.6 Å². The number of hydrogen-bond donors (Lipinski definition) is 4. The Bertz CT molecular complexity index is 933. The number of aliphatic hydroxyl groups is 1. The lowest BCUT2D eigenvalue weighted by Crippen LogP contribution is -2.39. The van der Waals surface area contributed by atoms with Crippen molar-refractivity contribution in [3.05, 3.63) is 35.5 Å². The molecule has 0 radical (unpaired) electrons. The number of anilines is 2. The fourth-order valence-corrected chi connectivity index (χ4v) is 5.09. The van der Waals surface area contributed by atoms with Crippen molar-refractivity contribution in [1.82, 2.24) is 15.3 Å². The van der Waals surface area contributed by atoms with E-state index in [9.17, 15) is 5.11 Å². The Kier molecular flexibility index (Phi) is 9.57. The van der Waals surface area contributed by atoms with Crippen LogP contribution in [0.25, 0.3) is 11.3 Å². The van der Waals surface area contributed by atoms with Crippen LogP contribution in [0.5, 0.6) is 0 Å². The average molecular weight is 504 g/mol. The maximum Gasteiger partial charge on any atom is 0.126 e. The molecule has 1 saturated carbocycles. The first kappa shape index (κ1) is 26.1. The van der Waals surface area contributed by atoms with E-state index in [1.54, 1.807) is 13.3 Å². The molecule has 0 unspecified atom stereocenters. The quantitative estimate of drug-likeness (QED) is 0.342. The largest absolute Gasteiger partial charge is 0.396 e.